The molecule has 0 bridgehead atoms. The summed E-state index contributed by atoms with van der Waals surface area (Å²) in [4.78, 5) is 22.6. The monoisotopic (exact) mass is 503 g/mol. The summed E-state index contributed by atoms with van der Waals surface area (Å²) >= 11 is 1.41. The van der Waals surface area contributed by atoms with Crippen molar-refractivity contribution < 1.29 is 13.9 Å². The number of esters is 1. The summed E-state index contributed by atoms with van der Waals surface area (Å²) in [5, 5.41) is 3.71. The standard InChI is InChI=1S/C29H30FN3O2S/c1-18(27(34)35-28(2,3)4)31-17-19-10-11-21(22(30)16-19)25-32-23-12-13-24(33-26(23)36-25)29(14-15-29)20-8-6-5-7-9-20/h5-13,16,18,31H,14-15,17H2,1-4H3. The van der Waals surface area contributed by atoms with Crippen molar-refractivity contribution in [1.29, 1.82) is 0 Å². The van der Waals surface area contributed by atoms with Gasteiger partial charge in [0.25, 0.3) is 0 Å². The van der Waals surface area contributed by atoms with E-state index in [9.17, 15) is 4.79 Å². The topological polar surface area (TPSA) is 64.1 Å². The molecule has 0 radical (unpaired) electrons. The summed E-state index contributed by atoms with van der Waals surface area (Å²) in [7, 11) is 0. The molecule has 0 saturated heterocycles. The molecule has 1 aliphatic rings. The molecule has 0 spiro atoms. The minimum Gasteiger partial charge on any atom is -0.459 e. The Bertz CT molecular complexity index is 1410. The maximum absolute atomic E-state index is 15.1. The number of pyridine rings is 1. The van der Waals surface area contributed by atoms with Crippen LogP contribution >= 0.6 is 11.3 Å². The second-order valence-electron chi connectivity index (χ2n) is 10.4. The molecule has 4 aromatic rings. The summed E-state index contributed by atoms with van der Waals surface area (Å²) in [6, 6.07) is 19.1. The van der Waals surface area contributed by atoms with Crippen molar-refractivity contribution in [2.24, 2.45) is 0 Å². The Morgan fingerprint density at radius 1 is 1.11 bits per heavy atom. The highest BCUT2D eigenvalue weighted by atomic mass is 32.1. The Hall–Kier alpha value is -3.16. The third-order valence-corrected chi connectivity index (χ3v) is 7.46. The van der Waals surface area contributed by atoms with Crippen LogP contribution in [0.25, 0.3) is 20.9 Å². The lowest BCUT2D eigenvalue weighted by Gasteiger charge is -2.22. The van der Waals surface area contributed by atoms with Gasteiger partial charge in [-0.3, -0.25) is 4.79 Å². The number of fused-ring (bicyclic) bond motifs is 1. The minimum atomic E-state index is -0.547. The molecule has 1 fully saturated rings. The fraction of sp³-hybridized carbons (Fsp3) is 0.345. The number of benzene rings is 2. The van der Waals surface area contributed by atoms with E-state index in [0.29, 0.717) is 17.1 Å². The third kappa shape index (κ3) is 5.04. The summed E-state index contributed by atoms with van der Waals surface area (Å²) < 4.78 is 20.5. The van der Waals surface area contributed by atoms with Crippen molar-refractivity contribution >= 4 is 27.7 Å². The zero-order chi connectivity index (χ0) is 25.5. The van der Waals surface area contributed by atoms with Gasteiger partial charge in [0.2, 0.25) is 0 Å². The molecule has 1 aliphatic carbocycles. The highest BCUT2D eigenvalue weighted by Crippen LogP contribution is 2.53. The molecule has 1 saturated carbocycles. The van der Waals surface area contributed by atoms with Crippen LogP contribution in [0.1, 0.15) is 57.4 Å². The Balaban J connectivity index is 1.32. The number of nitrogens with one attached hydrogen (secondary N) is 1. The lowest BCUT2D eigenvalue weighted by atomic mass is 9.92. The van der Waals surface area contributed by atoms with Crippen molar-refractivity contribution in [2.75, 3.05) is 0 Å². The van der Waals surface area contributed by atoms with Crippen LogP contribution in [0.4, 0.5) is 4.39 Å². The second-order valence-corrected chi connectivity index (χ2v) is 11.4. The molecule has 1 unspecified atom stereocenters. The molecule has 0 amide bonds. The number of rotatable bonds is 7. The fourth-order valence-electron chi connectivity index (χ4n) is 4.36. The van der Waals surface area contributed by atoms with Crippen LogP contribution in [-0.4, -0.2) is 27.6 Å². The molecule has 5 nitrogen and oxygen atoms in total. The molecule has 1 atom stereocenters. The quantitative estimate of drug-likeness (QED) is 0.296. The van der Waals surface area contributed by atoms with Crippen LogP contribution in [-0.2, 0) is 21.5 Å². The van der Waals surface area contributed by atoms with Gasteiger partial charge in [-0.1, -0.05) is 47.7 Å². The number of aromatic nitrogens is 2. The zero-order valence-electron chi connectivity index (χ0n) is 21.0. The van der Waals surface area contributed by atoms with E-state index in [4.69, 9.17) is 9.72 Å². The number of carbonyl (C=O) groups excluding carboxylic acids is 1. The van der Waals surface area contributed by atoms with Crippen molar-refractivity contribution in [1.82, 2.24) is 15.3 Å². The number of nitrogens with zero attached hydrogens (tertiary/aromatic N) is 2. The van der Waals surface area contributed by atoms with Crippen molar-refractivity contribution in [3.63, 3.8) is 0 Å². The van der Waals surface area contributed by atoms with Crippen LogP contribution in [0, 0.1) is 5.82 Å². The first kappa shape index (κ1) is 24.5. The van der Waals surface area contributed by atoms with Crippen molar-refractivity contribution in [2.45, 2.75) is 64.1 Å². The minimum absolute atomic E-state index is 0.0179. The first-order valence-electron chi connectivity index (χ1n) is 12.2. The molecular formula is C29H30FN3O2S. The molecule has 2 aromatic carbocycles. The van der Waals surface area contributed by atoms with Gasteiger partial charge in [0.15, 0.2) is 0 Å². The van der Waals surface area contributed by atoms with E-state index in [0.717, 1.165) is 34.4 Å². The van der Waals surface area contributed by atoms with E-state index in [1.807, 2.05) is 39.0 Å². The Morgan fingerprint density at radius 2 is 1.86 bits per heavy atom. The van der Waals surface area contributed by atoms with E-state index >= 15 is 4.39 Å². The van der Waals surface area contributed by atoms with E-state index in [1.54, 1.807) is 13.0 Å². The number of carbonyl (C=O) groups is 1. The van der Waals surface area contributed by atoms with Gasteiger partial charge in [-0.25, -0.2) is 14.4 Å². The highest BCUT2D eigenvalue weighted by Gasteiger charge is 2.47. The number of ether oxygens (including phenoxy) is 1. The maximum Gasteiger partial charge on any atom is 0.323 e. The van der Waals surface area contributed by atoms with Crippen LogP contribution in [0.2, 0.25) is 0 Å². The van der Waals surface area contributed by atoms with Gasteiger partial charge in [0.1, 0.15) is 32.8 Å². The predicted molar refractivity (Wildman–Crippen MR) is 141 cm³/mol. The molecule has 186 valence electrons. The molecule has 2 aromatic heterocycles. The van der Waals surface area contributed by atoms with Gasteiger partial charge in [0, 0.05) is 17.5 Å². The van der Waals surface area contributed by atoms with Gasteiger partial charge in [-0.15, -0.1) is 0 Å². The summed E-state index contributed by atoms with van der Waals surface area (Å²) in [6.45, 7) is 7.58. The zero-order valence-corrected chi connectivity index (χ0v) is 21.8. The van der Waals surface area contributed by atoms with E-state index in [-0.39, 0.29) is 17.2 Å². The predicted octanol–water partition coefficient (Wildman–Crippen LogP) is 6.40. The lowest BCUT2D eigenvalue weighted by molar-refractivity contribution is -0.157. The molecular weight excluding hydrogens is 473 g/mol. The van der Waals surface area contributed by atoms with Gasteiger partial charge in [-0.05, 0) is 75.9 Å². The number of hydrogen-bond acceptors (Lipinski definition) is 6. The first-order chi connectivity index (χ1) is 17.1. The van der Waals surface area contributed by atoms with Crippen molar-refractivity contribution in [3.05, 3.63) is 83.3 Å². The molecule has 2 heterocycles. The highest BCUT2D eigenvalue weighted by molar-refractivity contribution is 7.21. The van der Waals surface area contributed by atoms with Crippen LogP contribution in [0.5, 0.6) is 0 Å². The smallest absolute Gasteiger partial charge is 0.323 e. The third-order valence-electron chi connectivity index (χ3n) is 6.46. The summed E-state index contributed by atoms with van der Waals surface area (Å²) in [5.41, 5.74) is 3.75. The average Bonchev–Trinajstić information content (AvgIpc) is 3.55. The largest absolute Gasteiger partial charge is 0.459 e. The fourth-order valence-corrected chi connectivity index (χ4v) is 5.33. The normalized spacial score (nSPS) is 15.6. The van der Waals surface area contributed by atoms with Gasteiger partial charge >= 0.3 is 5.97 Å². The maximum atomic E-state index is 15.1. The SMILES string of the molecule is CC(NCc1ccc(-c2nc3ccc(C4(c5ccccc5)CC4)nc3s2)c(F)c1)C(=O)OC(C)(C)C. The molecule has 1 N–H and O–H groups in total. The first-order valence-corrected chi connectivity index (χ1v) is 13.0. The molecule has 36 heavy (non-hydrogen) atoms. The Kier molecular flexibility index (Phi) is 6.39. The van der Waals surface area contributed by atoms with E-state index in [2.05, 4.69) is 40.6 Å². The van der Waals surface area contributed by atoms with Gasteiger partial charge in [0.05, 0.1) is 5.69 Å². The van der Waals surface area contributed by atoms with Gasteiger partial charge < -0.3 is 10.1 Å². The van der Waals surface area contributed by atoms with E-state index in [1.165, 1.54) is 23.0 Å². The van der Waals surface area contributed by atoms with Gasteiger partial charge in [-0.2, -0.15) is 0 Å². The van der Waals surface area contributed by atoms with Crippen LogP contribution in [0.3, 0.4) is 0 Å². The molecule has 5 rings (SSSR count). The Morgan fingerprint density at radius 3 is 2.53 bits per heavy atom. The summed E-state index contributed by atoms with van der Waals surface area (Å²) in [6.07, 6.45) is 2.16. The number of hydrogen-bond donors (Lipinski definition) is 1. The second kappa shape index (κ2) is 9.37. The van der Waals surface area contributed by atoms with Crippen LogP contribution < -0.4 is 5.32 Å². The molecule has 7 heteroatoms. The summed E-state index contributed by atoms with van der Waals surface area (Å²) in [5.74, 6) is -0.678. The van der Waals surface area contributed by atoms with E-state index < -0.39 is 11.6 Å². The molecule has 0 aliphatic heterocycles. The Labute approximate surface area is 214 Å². The van der Waals surface area contributed by atoms with Crippen LogP contribution in [0.15, 0.2) is 60.7 Å². The number of halogens is 1. The lowest BCUT2D eigenvalue weighted by Crippen LogP contribution is -2.38. The number of thiazole rings is 1. The van der Waals surface area contributed by atoms with Crippen molar-refractivity contribution in [3.8, 4) is 10.6 Å². The average molecular weight is 504 g/mol.